The number of para-hydroxylation sites is 1. The number of nitro benzene ring substituents is 1. The lowest BCUT2D eigenvalue weighted by molar-refractivity contribution is -0.385. The fourth-order valence-electron chi connectivity index (χ4n) is 1.05. The van der Waals surface area contributed by atoms with Crippen LogP contribution in [0.5, 0.6) is 0 Å². The molecule has 1 aromatic rings. The molecule has 0 N–H and O–H groups in total. The molecule has 0 aliphatic heterocycles. The Morgan fingerprint density at radius 1 is 1.50 bits per heavy atom. The van der Waals surface area contributed by atoms with Gasteiger partial charge in [0.1, 0.15) is 0 Å². The molecular formula is C10H12N2O2. The summed E-state index contributed by atoms with van der Waals surface area (Å²) in [6.07, 6.45) is 2.50. The summed E-state index contributed by atoms with van der Waals surface area (Å²) < 4.78 is 0. The number of benzene rings is 1. The highest BCUT2D eigenvalue weighted by atomic mass is 16.6. The maximum Gasteiger partial charge on any atom is 0.278 e. The summed E-state index contributed by atoms with van der Waals surface area (Å²) in [5.74, 6) is 0. The van der Waals surface area contributed by atoms with Crippen molar-refractivity contribution in [3.05, 3.63) is 39.9 Å². The lowest BCUT2D eigenvalue weighted by Crippen LogP contribution is -1.94. The van der Waals surface area contributed by atoms with Gasteiger partial charge in [0.25, 0.3) is 5.69 Å². The van der Waals surface area contributed by atoms with Gasteiger partial charge in [-0.05, 0) is 12.5 Å². The molecule has 0 aromatic heterocycles. The zero-order valence-electron chi connectivity index (χ0n) is 8.01. The fraction of sp³-hybridized carbons (Fsp3) is 0.300. The number of rotatable bonds is 4. The van der Waals surface area contributed by atoms with Gasteiger partial charge in [0.05, 0.1) is 10.5 Å². The largest absolute Gasteiger partial charge is 0.292 e. The van der Waals surface area contributed by atoms with Gasteiger partial charge in [-0.15, -0.1) is 0 Å². The molecule has 74 valence electrons. The summed E-state index contributed by atoms with van der Waals surface area (Å²) in [6, 6.07) is 6.58. The summed E-state index contributed by atoms with van der Waals surface area (Å²) in [7, 11) is 0. The summed E-state index contributed by atoms with van der Waals surface area (Å²) in [5.41, 5.74) is 0.665. The SMILES string of the molecule is CCCN=Cc1ccccc1[N+](=O)[O-]. The van der Waals surface area contributed by atoms with Gasteiger partial charge >= 0.3 is 0 Å². The Balaban J connectivity index is 2.90. The molecule has 0 heterocycles. The first-order chi connectivity index (χ1) is 6.75. The van der Waals surface area contributed by atoms with E-state index >= 15 is 0 Å². The van der Waals surface area contributed by atoms with Crippen molar-refractivity contribution in [3.63, 3.8) is 0 Å². The van der Waals surface area contributed by atoms with Crippen molar-refractivity contribution in [2.24, 2.45) is 4.99 Å². The van der Waals surface area contributed by atoms with Crippen LogP contribution in [-0.4, -0.2) is 17.7 Å². The molecule has 14 heavy (non-hydrogen) atoms. The Morgan fingerprint density at radius 3 is 2.86 bits per heavy atom. The van der Waals surface area contributed by atoms with E-state index in [0.717, 1.165) is 6.42 Å². The molecule has 4 heteroatoms. The van der Waals surface area contributed by atoms with Crippen LogP contribution >= 0.6 is 0 Å². The molecule has 0 aliphatic carbocycles. The van der Waals surface area contributed by atoms with Crippen LogP contribution in [0.25, 0.3) is 0 Å². The van der Waals surface area contributed by atoms with Gasteiger partial charge in [0.2, 0.25) is 0 Å². The van der Waals surface area contributed by atoms with E-state index in [9.17, 15) is 10.1 Å². The van der Waals surface area contributed by atoms with Crippen molar-refractivity contribution < 1.29 is 4.92 Å². The molecule has 0 saturated heterocycles. The molecular weight excluding hydrogens is 180 g/mol. The predicted octanol–water partition coefficient (Wildman–Crippen LogP) is 2.42. The van der Waals surface area contributed by atoms with Crippen LogP contribution in [0.3, 0.4) is 0 Å². The molecule has 0 saturated carbocycles. The Hall–Kier alpha value is -1.71. The smallest absolute Gasteiger partial charge is 0.278 e. The zero-order chi connectivity index (χ0) is 10.4. The van der Waals surface area contributed by atoms with Crippen molar-refractivity contribution in [2.75, 3.05) is 6.54 Å². The first kappa shape index (κ1) is 10.4. The lowest BCUT2D eigenvalue weighted by Gasteiger charge is -1.95. The van der Waals surface area contributed by atoms with Gasteiger partial charge in [-0.1, -0.05) is 19.1 Å². The third-order valence-electron chi connectivity index (χ3n) is 1.72. The average Bonchev–Trinajstić information content (AvgIpc) is 2.19. The second-order valence-corrected chi connectivity index (χ2v) is 2.85. The van der Waals surface area contributed by atoms with Crippen LogP contribution in [0, 0.1) is 10.1 Å². The highest BCUT2D eigenvalue weighted by molar-refractivity contribution is 5.85. The van der Waals surface area contributed by atoms with E-state index in [0.29, 0.717) is 12.1 Å². The molecule has 0 fully saturated rings. The Kier molecular flexibility index (Phi) is 3.79. The van der Waals surface area contributed by atoms with E-state index in [1.54, 1.807) is 24.4 Å². The predicted molar refractivity (Wildman–Crippen MR) is 55.8 cm³/mol. The van der Waals surface area contributed by atoms with Crippen molar-refractivity contribution in [2.45, 2.75) is 13.3 Å². The average molecular weight is 192 g/mol. The molecule has 0 bridgehead atoms. The molecule has 0 atom stereocenters. The minimum atomic E-state index is -0.396. The molecule has 0 aliphatic rings. The normalized spacial score (nSPS) is 10.6. The summed E-state index contributed by atoms with van der Waals surface area (Å²) in [6.45, 7) is 2.71. The van der Waals surface area contributed by atoms with Gasteiger partial charge < -0.3 is 0 Å². The zero-order valence-corrected chi connectivity index (χ0v) is 8.01. The molecule has 0 amide bonds. The van der Waals surface area contributed by atoms with Crippen molar-refractivity contribution >= 4 is 11.9 Å². The summed E-state index contributed by atoms with van der Waals surface area (Å²) in [4.78, 5) is 14.3. The van der Waals surface area contributed by atoms with Crippen LogP contribution in [-0.2, 0) is 0 Å². The van der Waals surface area contributed by atoms with Crippen molar-refractivity contribution in [3.8, 4) is 0 Å². The topological polar surface area (TPSA) is 55.5 Å². The molecule has 0 unspecified atom stereocenters. The second kappa shape index (κ2) is 5.11. The number of nitrogens with zero attached hydrogens (tertiary/aromatic N) is 2. The van der Waals surface area contributed by atoms with Crippen LogP contribution in [0.4, 0.5) is 5.69 Å². The number of hydrogen-bond donors (Lipinski definition) is 0. The van der Waals surface area contributed by atoms with Crippen molar-refractivity contribution in [1.29, 1.82) is 0 Å². The molecule has 1 aromatic carbocycles. The first-order valence-corrected chi connectivity index (χ1v) is 4.49. The van der Waals surface area contributed by atoms with Crippen LogP contribution in [0.15, 0.2) is 29.3 Å². The van der Waals surface area contributed by atoms with Gasteiger partial charge in [0, 0.05) is 18.8 Å². The minimum Gasteiger partial charge on any atom is -0.292 e. The Morgan fingerprint density at radius 2 is 2.21 bits per heavy atom. The maximum atomic E-state index is 10.6. The van der Waals surface area contributed by atoms with E-state index < -0.39 is 4.92 Å². The van der Waals surface area contributed by atoms with Crippen LogP contribution in [0.2, 0.25) is 0 Å². The van der Waals surface area contributed by atoms with E-state index in [1.165, 1.54) is 6.07 Å². The standard InChI is InChI=1S/C10H12N2O2/c1-2-7-11-8-9-5-3-4-6-10(9)12(13)14/h3-6,8H,2,7H2,1H3. The summed E-state index contributed by atoms with van der Waals surface area (Å²) in [5, 5.41) is 10.6. The highest BCUT2D eigenvalue weighted by Crippen LogP contribution is 2.15. The van der Waals surface area contributed by atoms with E-state index in [4.69, 9.17) is 0 Å². The molecule has 4 nitrogen and oxygen atoms in total. The van der Waals surface area contributed by atoms with E-state index in [-0.39, 0.29) is 5.69 Å². The van der Waals surface area contributed by atoms with E-state index in [2.05, 4.69) is 4.99 Å². The van der Waals surface area contributed by atoms with Crippen LogP contribution in [0.1, 0.15) is 18.9 Å². The molecule has 0 radical (unpaired) electrons. The fourth-order valence-corrected chi connectivity index (χ4v) is 1.05. The second-order valence-electron chi connectivity index (χ2n) is 2.85. The van der Waals surface area contributed by atoms with Gasteiger partial charge in [-0.25, -0.2) is 0 Å². The quantitative estimate of drug-likeness (QED) is 0.418. The first-order valence-electron chi connectivity index (χ1n) is 4.49. The van der Waals surface area contributed by atoms with Gasteiger partial charge in [-0.3, -0.25) is 15.1 Å². The Bertz CT molecular complexity index is 348. The van der Waals surface area contributed by atoms with Crippen LogP contribution < -0.4 is 0 Å². The monoisotopic (exact) mass is 192 g/mol. The number of hydrogen-bond acceptors (Lipinski definition) is 3. The third-order valence-corrected chi connectivity index (χ3v) is 1.72. The van der Waals surface area contributed by atoms with Gasteiger partial charge in [0.15, 0.2) is 0 Å². The van der Waals surface area contributed by atoms with Gasteiger partial charge in [-0.2, -0.15) is 0 Å². The number of nitro groups is 1. The third kappa shape index (κ3) is 2.65. The number of aliphatic imine (C=N–C) groups is 1. The maximum absolute atomic E-state index is 10.6. The van der Waals surface area contributed by atoms with Crippen molar-refractivity contribution in [1.82, 2.24) is 0 Å². The Labute approximate surface area is 82.4 Å². The lowest BCUT2D eigenvalue weighted by atomic mass is 10.2. The highest BCUT2D eigenvalue weighted by Gasteiger charge is 2.09. The van der Waals surface area contributed by atoms with E-state index in [1.807, 2.05) is 6.92 Å². The molecule has 0 spiro atoms. The summed E-state index contributed by atoms with van der Waals surface area (Å²) >= 11 is 0. The molecule has 1 rings (SSSR count). The minimum absolute atomic E-state index is 0.104.